The topological polar surface area (TPSA) is 97.1 Å². The van der Waals surface area contributed by atoms with E-state index in [-0.39, 0.29) is 29.3 Å². The van der Waals surface area contributed by atoms with Gasteiger partial charge in [0, 0.05) is 36.1 Å². The SMILES string of the molecule is CC(=O)NC1CCC(CC(=O)Nc2cnc(-c3ccc(C(N)=C(F)F)cc3)c(-c3ccccc3)c2)CC1. The molecule has 0 aliphatic heterocycles. The van der Waals surface area contributed by atoms with E-state index in [9.17, 15) is 18.4 Å². The number of carbonyl (C=O) groups is 2. The second kappa shape index (κ2) is 11.8. The number of halogens is 2. The lowest BCUT2D eigenvalue weighted by atomic mass is 9.84. The molecular weight excluding hydrogens is 474 g/mol. The predicted molar refractivity (Wildman–Crippen MR) is 141 cm³/mol. The number of carbonyl (C=O) groups excluding carboxylic acids is 2. The zero-order chi connectivity index (χ0) is 26.4. The highest BCUT2D eigenvalue weighted by atomic mass is 19.3. The van der Waals surface area contributed by atoms with Crippen LogP contribution in [0, 0.1) is 5.92 Å². The number of nitrogens with zero attached hydrogens (tertiary/aromatic N) is 1. The molecule has 0 saturated heterocycles. The Morgan fingerprint density at radius 1 is 0.973 bits per heavy atom. The summed E-state index contributed by atoms with van der Waals surface area (Å²) in [7, 11) is 0. The number of aromatic nitrogens is 1. The van der Waals surface area contributed by atoms with Gasteiger partial charge in [0.1, 0.15) is 5.70 Å². The van der Waals surface area contributed by atoms with Crippen LogP contribution in [-0.4, -0.2) is 22.8 Å². The average molecular weight is 505 g/mol. The molecule has 0 bridgehead atoms. The molecule has 0 atom stereocenters. The smallest absolute Gasteiger partial charge is 0.293 e. The first-order chi connectivity index (χ1) is 17.8. The molecular formula is C29H30F2N4O2. The van der Waals surface area contributed by atoms with Gasteiger partial charge in [-0.1, -0.05) is 54.6 Å². The number of rotatable bonds is 7. The van der Waals surface area contributed by atoms with Gasteiger partial charge in [0.25, 0.3) is 6.08 Å². The van der Waals surface area contributed by atoms with Crippen molar-refractivity contribution >= 4 is 23.2 Å². The molecule has 2 amide bonds. The molecule has 0 unspecified atom stereocenters. The standard InChI is InChI=1S/C29H30F2N4O2/c1-18(36)34-23-13-7-19(8-14-23)15-26(37)35-24-16-25(20-5-3-2-4-6-20)28(33-17-24)22-11-9-21(10-12-22)27(32)29(30)31/h2-6,9-12,16-17,19,23H,7-8,13-15,32H2,1H3,(H,34,36)(H,35,37). The van der Waals surface area contributed by atoms with Crippen LogP contribution in [0.2, 0.25) is 0 Å². The first-order valence-electron chi connectivity index (χ1n) is 12.3. The molecule has 1 aliphatic rings. The zero-order valence-corrected chi connectivity index (χ0v) is 20.6. The fraction of sp³-hybridized carbons (Fsp3) is 0.276. The number of nitrogens with two attached hydrogens (primary N) is 1. The molecule has 3 aromatic rings. The summed E-state index contributed by atoms with van der Waals surface area (Å²) < 4.78 is 25.7. The molecule has 1 saturated carbocycles. The van der Waals surface area contributed by atoms with E-state index in [0.29, 0.717) is 17.8 Å². The summed E-state index contributed by atoms with van der Waals surface area (Å²) in [5.41, 5.74) is 8.86. The Morgan fingerprint density at radius 2 is 1.65 bits per heavy atom. The van der Waals surface area contributed by atoms with Crippen molar-refractivity contribution in [3.05, 3.63) is 78.5 Å². The Kier molecular flexibility index (Phi) is 8.28. The fourth-order valence-electron chi connectivity index (χ4n) is 4.79. The number of amides is 2. The highest BCUT2D eigenvalue weighted by Gasteiger charge is 2.24. The van der Waals surface area contributed by atoms with Gasteiger partial charge >= 0.3 is 0 Å². The van der Waals surface area contributed by atoms with Gasteiger partial charge in [0.05, 0.1) is 17.6 Å². The van der Waals surface area contributed by atoms with Gasteiger partial charge < -0.3 is 16.4 Å². The summed E-state index contributed by atoms with van der Waals surface area (Å²) in [4.78, 5) is 28.7. The number of benzene rings is 2. The lowest BCUT2D eigenvalue weighted by Gasteiger charge is -2.28. The summed E-state index contributed by atoms with van der Waals surface area (Å²) >= 11 is 0. The highest BCUT2D eigenvalue weighted by molar-refractivity contribution is 5.93. The minimum Gasteiger partial charge on any atom is -0.394 e. The van der Waals surface area contributed by atoms with Crippen molar-refractivity contribution in [2.75, 3.05) is 5.32 Å². The number of pyridine rings is 1. The molecule has 192 valence electrons. The molecule has 4 N–H and O–H groups in total. The molecule has 1 aromatic heterocycles. The minimum absolute atomic E-state index is 0.0167. The molecule has 2 aromatic carbocycles. The van der Waals surface area contributed by atoms with Crippen molar-refractivity contribution in [1.82, 2.24) is 10.3 Å². The molecule has 1 heterocycles. The van der Waals surface area contributed by atoms with Crippen LogP contribution in [0.25, 0.3) is 28.1 Å². The second-order valence-electron chi connectivity index (χ2n) is 9.41. The van der Waals surface area contributed by atoms with Gasteiger partial charge in [-0.05, 0) is 43.2 Å². The zero-order valence-electron chi connectivity index (χ0n) is 20.6. The third-order valence-corrected chi connectivity index (χ3v) is 6.66. The van der Waals surface area contributed by atoms with E-state index >= 15 is 0 Å². The summed E-state index contributed by atoms with van der Waals surface area (Å²) in [5, 5.41) is 5.94. The van der Waals surface area contributed by atoms with E-state index < -0.39 is 11.8 Å². The summed E-state index contributed by atoms with van der Waals surface area (Å²) in [5.74, 6) is 0.188. The van der Waals surface area contributed by atoms with E-state index in [4.69, 9.17) is 5.73 Å². The van der Waals surface area contributed by atoms with Crippen molar-refractivity contribution in [2.24, 2.45) is 11.7 Å². The lowest BCUT2D eigenvalue weighted by Crippen LogP contribution is -2.36. The summed E-state index contributed by atoms with van der Waals surface area (Å²) in [6.07, 6.45) is 3.65. The van der Waals surface area contributed by atoms with E-state index in [1.165, 1.54) is 19.1 Å². The molecule has 1 fully saturated rings. The number of hydrogen-bond acceptors (Lipinski definition) is 4. The lowest BCUT2D eigenvalue weighted by molar-refractivity contribution is -0.120. The highest BCUT2D eigenvalue weighted by Crippen LogP contribution is 2.33. The maximum Gasteiger partial charge on any atom is 0.293 e. The van der Waals surface area contributed by atoms with E-state index in [1.807, 2.05) is 36.4 Å². The van der Waals surface area contributed by atoms with Gasteiger partial charge in [-0.15, -0.1) is 0 Å². The van der Waals surface area contributed by atoms with Crippen molar-refractivity contribution in [3.63, 3.8) is 0 Å². The van der Waals surface area contributed by atoms with Crippen LogP contribution in [0.3, 0.4) is 0 Å². The van der Waals surface area contributed by atoms with Gasteiger partial charge in [-0.2, -0.15) is 8.78 Å². The summed E-state index contributed by atoms with van der Waals surface area (Å²) in [6.45, 7) is 1.53. The van der Waals surface area contributed by atoms with Crippen molar-refractivity contribution in [2.45, 2.75) is 45.1 Å². The first-order valence-corrected chi connectivity index (χ1v) is 12.3. The van der Waals surface area contributed by atoms with Crippen LogP contribution in [0.1, 0.15) is 44.6 Å². The minimum atomic E-state index is -1.92. The van der Waals surface area contributed by atoms with Crippen LogP contribution in [-0.2, 0) is 9.59 Å². The Bertz CT molecular complexity index is 1280. The largest absolute Gasteiger partial charge is 0.394 e. The maximum atomic E-state index is 12.9. The van der Waals surface area contributed by atoms with Crippen LogP contribution in [0.5, 0.6) is 0 Å². The van der Waals surface area contributed by atoms with Crippen LogP contribution >= 0.6 is 0 Å². The Balaban J connectivity index is 1.51. The van der Waals surface area contributed by atoms with Gasteiger partial charge in [0.15, 0.2) is 0 Å². The Hall–Kier alpha value is -4.07. The quantitative estimate of drug-likeness (QED) is 0.370. The van der Waals surface area contributed by atoms with Gasteiger partial charge in [-0.25, -0.2) is 0 Å². The number of hydrogen-bond donors (Lipinski definition) is 3. The molecule has 8 heteroatoms. The van der Waals surface area contributed by atoms with Crippen LogP contribution < -0.4 is 16.4 Å². The van der Waals surface area contributed by atoms with Gasteiger partial charge in [0.2, 0.25) is 11.8 Å². The van der Waals surface area contributed by atoms with Crippen molar-refractivity contribution in [3.8, 4) is 22.4 Å². The molecule has 0 spiro atoms. The molecule has 4 rings (SSSR count). The second-order valence-corrected chi connectivity index (χ2v) is 9.41. The molecule has 0 radical (unpaired) electrons. The molecule has 37 heavy (non-hydrogen) atoms. The third kappa shape index (κ3) is 6.78. The van der Waals surface area contributed by atoms with E-state index in [1.54, 1.807) is 18.3 Å². The average Bonchev–Trinajstić information content (AvgIpc) is 2.89. The molecule has 6 nitrogen and oxygen atoms in total. The van der Waals surface area contributed by atoms with E-state index in [0.717, 1.165) is 42.4 Å². The predicted octanol–water partition coefficient (Wildman–Crippen LogP) is 5.96. The Labute approximate surface area is 215 Å². The number of anilines is 1. The molecule has 1 aliphatic carbocycles. The number of nitrogens with one attached hydrogen (secondary N) is 2. The van der Waals surface area contributed by atoms with E-state index in [2.05, 4.69) is 15.6 Å². The summed E-state index contributed by atoms with van der Waals surface area (Å²) in [6, 6.07) is 18.2. The Morgan fingerprint density at radius 3 is 2.27 bits per heavy atom. The van der Waals surface area contributed by atoms with Crippen LogP contribution in [0.4, 0.5) is 14.5 Å². The van der Waals surface area contributed by atoms with Crippen LogP contribution in [0.15, 0.2) is 72.9 Å². The normalized spacial score (nSPS) is 17.1. The van der Waals surface area contributed by atoms with Crippen molar-refractivity contribution < 1.29 is 18.4 Å². The monoisotopic (exact) mass is 504 g/mol. The van der Waals surface area contributed by atoms with Gasteiger partial charge in [-0.3, -0.25) is 14.6 Å². The fourth-order valence-corrected chi connectivity index (χ4v) is 4.79. The first kappa shape index (κ1) is 26.0. The maximum absolute atomic E-state index is 12.9. The van der Waals surface area contributed by atoms with Crippen molar-refractivity contribution in [1.29, 1.82) is 0 Å². The third-order valence-electron chi connectivity index (χ3n) is 6.66.